The number of benzene rings is 3. The van der Waals surface area contributed by atoms with Gasteiger partial charge in [-0.05, 0) is 36.8 Å². The van der Waals surface area contributed by atoms with Gasteiger partial charge in [0.15, 0.2) is 11.0 Å². The third-order valence-corrected chi connectivity index (χ3v) is 5.95. The molecule has 34 heavy (non-hydrogen) atoms. The maximum Gasteiger partial charge on any atom is 0.319 e. The van der Waals surface area contributed by atoms with Crippen LogP contribution in [0.2, 0.25) is 0 Å². The Kier molecular flexibility index (Phi) is 7.19. The van der Waals surface area contributed by atoms with Gasteiger partial charge in [-0.1, -0.05) is 60.3 Å². The second-order valence-corrected chi connectivity index (χ2v) is 8.35. The van der Waals surface area contributed by atoms with E-state index in [1.165, 1.54) is 23.9 Å². The fourth-order valence-electron chi connectivity index (χ4n) is 3.29. The lowest BCUT2D eigenvalue weighted by Crippen LogP contribution is -2.32. The fraction of sp³-hybridized carbons (Fsp3) is 0.125. The molecule has 0 aliphatic heterocycles. The molecule has 2 amide bonds. The monoisotopic (exact) mass is 474 g/mol. The first-order valence-electron chi connectivity index (χ1n) is 10.5. The van der Waals surface area contributed by atoms with Crippen LogP contribution in [0.25, 0.3) is 5.69 Å². The number of thioether (sulfide) groups is 1. The number of nitrogens with zero attached hydrogens (tertiary/aromatic N) is 4. The SMILES string of the molecule is CC(NC(=O)Nc1ccccc1)c1nnc(SCc2ccccc2)n1-c1ccc([N+](=O)[O-])cc1. The molecular weight excluding hydrogens is 452 g/mol. The maximum absolute atomic E-state index is 12.5. The Morgan fingerprint density at radius 2 is 1.65 bits per heavy atom. The molecule has 4 rings (SSSR count). The normalized spacial score (nSPS) is 11.6. The number of carbonyl (C=O) groups excluding carboxylic acids is 1. The van der Waals surface area contributed by atoms with Gasteiger partial charge in [-0.3, -0.25) is 14.7 Å². The van der Waals surface area contributed by atoms with Crippen molar-refractivity contribution in [3.63, 3.8) is 0 Å². The highest BCUT2D eigenvalue weighted by atomic mass is 32.2. The van der Waals surface area contributed by atoms with Gasteiger partial charge in [0.05, 0.1) is 11.0 Å². The minimum absolute atomic E-state index is 0.00900. The van der Waals surface area contributed by atoms with Crippen molar-refractivity contribution in [2.75, 3.05) is 5.32 Å². The van der Waals surface area contributed by atoms with Crippen molar-refractivity contribution >= 4 is 29.2 Å². The molecule has 1 aromatic heterocycles. The van der Waals surface area contributed by atoms with E-state index in [-0.39, 0.29) is 11.7 Å². The number of nitro benzene ring substituents is 1. The standard InChI is InChI=1S/C24H22N6O3S/c1-17(25-23(31)26-19-10-6-3-7-11-19)22-27-28-24(34-16-18-8-4-2-5-9-18)29(22)20-12-14-21(15-13-20)30(32)33/h2-15,17H,16H2,1H3,(H2,25,26,31). The Morgan fingerprint density at radius 3 is 2.29 bits per heavy atom. The molecule has 0 aliphatic carbocycles. The first-order valence-corrected chi connectivity index (χ1v) is 11.5. The fourth-order valence-corrected chi connectivity index (χ4v) is 4.21. The van der Waals surface area contributed by atoms with Crippen LogP contribution in [0.5, 0.6) is 0 Å². The van der Waals surface area contributed by atoms with E-state index in [0.29, 0.717) is 28.1 Å². The van der Waals surface area contributed by atoms with Crippen molar-refractivity contribution in [1.29, 1.82) is 0 Å². The zero-order chi connectivity index (χ0) is 23.9. The van der Waals surface area contributed by atoms with Crippen LogP contribution in [0.4, 0.5) is 16.2 Å². The Hall–Kier alpha value is -4.18. The van der Waals surface area contributed by atoms with E-state index < -0.39 is 11.0 Å². The van der Waals surface area contributed by atoms with Gasteiger partial charge in [0.1, 0.15) is 0 Å². The number of carbonyl (C=O) groups is 1. The lowest BCUT2D eigenvalue weighted by atomic mass is 10.2. The first kappa shape index (κ1) is 23.0. The molecular formula is C24H22N6O3S. The van der Waals surface area contributed by atoms with Gasteiger partial charge in [-0.2, -0.15) is 0 Å². The molecule has 10 heteroatoms. The summed E-state index contributed by atoms with van der Waals surface area (Å²) in [6.45, 7) is 1.81. The van der Waals surface area contributed by atoms with Gasteiger partial charge in [-0.25, -0.2) is 4.79 Å². The van der Waals surface area contributed by atoms with Crippen LogP contribution in [0.1, 0.15) is 24.4 Å². The number of rotatable bonds is 8. The number of urea groups is 1. The molecule has 0 aliphatic rings. The summed E-state index contributed by atoms with van der Waals surface area (Å²) < 4.78 is 1.81. The van der Waals surface area contributed by atoms with Gasteiger partial charge in [0, 0.05) is 29.3 Å². The Bertz CT molecular complexity index is 1260. The van der Waals surface area contributed by atoms with Crippen LogP contribution < -0.4 is 10.6 Å². The summed E-state index contributed by atoms with van der Waals surface area (Å²) in [5, 5.41) is 26.1. The average molecular weight is 475 g/mol. The number of hydrogen-bond acceptors (Lipinski definition) is 6. The molecule has 2 N–H and O–H groups in total. The second-order valence-electron chi connectivity index (χ2n) is 7.41. The highest BCUT2D eigenvalue weighted by molar-refractivity contribution is 7.98. The summed E-state index contributed by atoms with van der Waals surface area (Å²) in [6, 6.07) is 24.4. The molecule has 0 fully saturated rings. The second kappa shape index (κ2) is 10.6. The zero-order valence-electron chi connectivity index (χ0n) is 18.3. The predicted molar refractivity (Wildman–Crippen MR) is 131 cm³/mol. The summed E-state index contributed by atoms with van der Waals surface area (Å²) in [7, 11) is 0. The van der Waals surface area contributed by atoms with Crippen LogP contribution in [-0.2, 0) is 5.75 Å². The smallest absolute Gasteiger partial charge is 0.319 e. The number of anilines is 1. The quantitative estimate of drug-likeness (QED) is 0.202. The van der Waals surface area contributed by atoms with E-state index in [1.807, 2.05) is 60.0 Å². The minimum Gasteiger partial charge on any atom is -0.328 e. The molecule has 4 aromatic rings. The average Bonchev–Trinajstić information content (AvgIpc) is 3.28. The summed E-state index contributed by atoms with van der Waals surface area (Å²) >= 11 is 1.49. The van der Waals surface area contributed by atoms with Crippen LogP contribution in [-0.4, -0.2) is 25.7 Å². The number of aromatic nitrogens is 3. The summed E-state index contributed by atoms with van der Waals surface area (Å²) in [5.74, 6) is 1.18. The molecule has 0 bridgehead atoms. The van der Waals surface area contributed by atoms with Crippen molar-refractivity contribution in [1.82, 2.24) is 20.1 Å². The zero-order valence-corrected chi connectivity index (χ0v) is 19.1. The largest absolute Gasteiger partial charge is 0.328 e. The van der Waals surface area contributed by atoms with Crippen LogP contribution >= 0.6 is 11.8 Å². The molecule has 0 saturated heterocycles. The summed E-state index contributed by atoms with van der Waals surface area (Å²) in [5.41, 5.74) is 2.45. The van der Waals surface area contributed by atoms with Gasteiger partial charge in [0.2, 0.25) is 0 Å². The highest BCUT2D eigenvalue weighted by Gasteiger charge is 2.22. The molecule has 1 atom stereocenters. The Labute approximate surface area is 200 Å². The van der Waals surface area contributed by atoms with Crippen LogP contribution in [0.15, 0.2) is 90.1 Å². The lowest BCUT2D eigenvalue weighted by molar-refractivity contribution is -0.384. The minimum atomic E-state index is -0.488. The molecule has 1 unspecified atom stereocenters. The highest BCUT2D eigenvalue weighted by Crippen LogP contribution is 2.28. The van der Waals surface area contributed by atoms with Crippen molar-refractivity contribution < 1.29 is 9.72 Å². The van der Waals surface area contributed by atoms with Gasteiger partial charge < -0.3 is 10.6 Å². The predicted octanol–water partition coefficient (Wildman–Crippen LogP) is 5.35. The Balaban J connectivity index is 1.59. The maximum atomic E-state index is 12.5. The number of amides is 2. The van der Waals surface area contributed by atoms with Crippen LogP contribution in [0, 0.1) is 10.1 Å². The van der Waals surface area contributed by atoms with E-state index in [4.69, 9.17) is 0 Å². The van der Waals surface area contributed by atoms with Gasteiger partial charge in [-0.15, -0.1) is 10.2 Å². The summed E-state index contributed by atoms with van der Waals surface area (Å²) in [6.07, 6.45) is 0. The molecule has 172 valence electrons. The Morgan fingerprint density at radius 1 is 1.00 bits per heavy atom. The number of non-ortho nitro benzene ring substituents is 1. The number of para-hydroxylation sites is 1. The lowest BCUT2D eigenvalue weighted by Gasteiger charge is -2.17. The van der Waals surface area contributed by atoms with E-state index in [2.05, 4.69) is 20.8 Å². The molecule has 1 heterocycles. The molecule has 0 saturated carbocycles. The van der Waals surface area contributed by atoms with Gasteiger partial charge in [0.25, 0.3) is 5.69 Å². The number of nitro groups is 1. The molecule has 0 spiro atoms. The molecule has 0 radical (unpaired) electrons. The third-order valence-electron chi connectivity index (χ3n) is 4.95. The summed E-state index contributed by atoms with van der Waals surface area (Å²) in [4.78, 5) is 23.2. The van der Waals surface area contributed by atoms with E-state index in [1.54, 1.807) is 24.3 Å². The van der Waals surface area contributed by atoms with E-state index in [9.17, 15) is 14.9 Å². The van der Waals surface area contributed by atoms with Crippen molar-refractivity contribution in [2.24, 2.45) is 0 Å². The first-order chi connectivity index (χ1) is 16.5. The molecule has 9 nitrogen and oxygen atoms in total. The number of nitrogens with one attached hydrogen (secondary N) is 2. The van der Waals surface area contributed by atoms with Gasteiger partial charge >= 0.3 is 6.03 Å². The third kappa shape index (κ3) is 5.59. The van der Waals surface area contributed by atoms with Crippen LogP contribution in [0.3, 0.4) is 0 Å². The van der Waals surface area contributed by atoms with E-state index in [0.717, 1.165) is 5.56 Å². The van der Waals surface area contributed by atoms with Crippen molar-refractivity contribution in [3.05, 3.63) is 106 Å². The van der Waals surface area contributed by atoms with Crippen molar-refractivity contribution in [2.45, 2.75) is 23.9 Å². The van der Waals surface area contributed by atoms with E-state index >= 15 is 0 Å². The molecule has 3 aromatic carbocycles. The number of hydrogen-bond donors (Lipinski definition) is 2. The van der Waals surface area contributed by atoms with Crippen molar-refractivity contribution in [3.8, 4) is 5.69 Å². The topological polar surface area (TPSA) is 115 Å².